The van der Waals surface area contributed by atoms with Gasteiger partial charge in [0.2, 0.25) is 0 Å². The Bertz CT molecular complexity index is 596. The summed E-state index contributed by atoms with van der Waals surface area (Å²) in [4.78, 5) is 0. The second-order valence-corrected chi connectivity index (χ2v) is 7.00. The van der Waals surface area contributed by atoms with E-state index in [0.717, 1.165) is 0 Å². The van der Waals surface area contributed by atoms with Crippen LogP contribution in [0, 0.1) is 0 Å². The van der Waals surface area contributed by atoms with Gasteiger partial charge in [-0.25, -0.2) is 0 Å². The summed E-state index contributed by atoms with van der Waals surface area (Å²) in [5.41, 5.74) is -16.6. The topological polar surface area (TPSA) is 163 Å². The van der Waals surface area contributed by atoms with Gasteiger partial charge in [-0.2, -0.15) is 64.8 Å². The van der Waals surface area contributed by atoms with Crippen molar-refractivity contribution >= 4 is 54.8 Å². The Hall–Kier alpha value is -0.0818. The average Bonchev–Trinajstić information content (AvgIpc) is 2.08. The summed E-state index contributed by atoms with van der Waals surface area (Å²) in [6.07, 6.45) is 0. The summed E-state index contributed by atoms with van der Waals surface area (Å²) in [7, 11) is -17.5. The number of alkyl halides is 9. The Morgan fingerprint density at radius 1 is 0.440 bits per heavy atom. The second-order valence-electron chi connectivity index (χ2n) is 2.76. The van der Waals surface area contributed by atoms with Crippen molar-refractivity contribution in [1.29, 1.82) is 0 Å². The van der Waals surface area contributed by atoms with Gasteiger partial charge in [0.05, 0.1) is 0 Å². The van der Waals surface area contributed by atoms with Crippen LogP contribution in [0.4, 0.5) is 39.5 Å². The number of hydrogen-bond acceptors (Lipinski definition) is 6. The second kappa shape index (κ2) is 9.74. The third kappa shape index (κ3) is 15.9. The number of rotatable bonds is 0. The fourth-order valence-electron chi connectivity index (χ4n) is 0. The van der Waals surface area contributed by atoms with Crippen molar-refractivity contribution in [1.82, 2.24) is 0 Å². The van der Waals surface area contributed by atoms with E-state index < -0.39 is 46.9 Å². The van der Waals surface area contributed by atoms with Crippen LogP contribution in [0.15, 0.2) is 0 Å². The zero-order valence-corrected chi connectivity index (χ0v) is 15.4. The van der Waals surface area contributed by atoms with Gasteiger partial charge in [-0.3, -0.25) is 13.7 Å². The van der Waals surface area contributed by atoms with Crippen LogP contribution in [-0.4, -0.2) is 79.9 Å². The van der Waals surface area contributed by atoms with Crippen molar-refractivity contribution in [3.63, 3.8) is 0 Å². The average molecular weight is 572 g/mol. The summed E-state index contributed by atoms with van der Waals surface area (Å²) < 4.78 is 173. The molecule has 0 heterocycles. The van der Waals surface area contributed by atoms with Gasteiger partial charge in [0.25, 0.3) is 0 Å². The molecule has 3 radical (unpaired) electrons. The molecule has 155 valence electrons. The molecule has 0 rings (SSSR count). The third-order valence-corrected chi connectivity index (χ3v) is 2.63. The summed E-state index contributed by atoms with van der Waals surface area (Å²) in [5.74, 6) is 0. The molecule has 0 unspecified atom stereocenters. The van der Waals surface area contributed by atoms with E-state index in [4.69, 9.17) is 38.9 Å². The van der Waals surface area contributed by atoms with Gasteiger partial charge < -0.3 is 0 Å². The minimum absolute atomic E-state index is 0. The van der Waals surface area contributed by atoms with E-state index >= 15 is 0 Å². The van der Waals surface area contributed by atoms with Crippen molar-refractivity contribution in [3.8, 4) is 0 Å². The molecule has 0 fully saturated rings. The quantitative estimate of drug-likeness (QED) is 0.165. The molecule has 25 heavy (non-hydrogen) atoms. The van der Waals surface area contributed by atoms with Gasteiger partial charge in [-0.05, 0) is 0 Å². The van der Waals surface area contributed by atoms with E-state index in [0.29, 0.717) is 0 Å². The van der Waals surface area contributed by atoms with Crippen molar-refractivity contribution in [2.24, 2.45) is 0 Å². The number of hydrogen-bond donors (Lipinski definition) is 3. The largest absolute Gasteiger partial charge is 0.522 e. The molecule has 0 bridgehead atoms. The maximum atomic E-state index is 10.7. The van der Waals surface area contributed by atoms with E-state index in [1.807, 2.05) is 0 Å². The zero-order valence-electron chi connectivity index (χ0n) is 10.4. The normalized spacial score (nSPS) is 13.4. The SMILES string of the molecule is O=S(=O)(O)C(F)(F)F.O=S(=O)(O)C(F)(F)F.O=S(=O)(O)C(F)(F)F.[Sb]. The van der Waals surface area contributed by atoms with Crippen molar-refractivity contribution in [2.45, 2.75) is 16.5 Å². The molecule has 0 saturated carbocycles. The van der Waals surface area contributed by atoms with Crippen LogP contribution in [0.5, 0.6) is 0 Å². The molecule has 0 amide bonds. The predicted molar refractivity (Wildman–Crippen MR) is 58.6 cm³/mol. The Balaban J connectivity index is -0.000000130. The molecule has 0 aromatic rings. The van der Waals surface area contributed by atoms with Gasteiger partial charge in [-0.1, -0.05) is 0 Å². The minimum Gasteiger partial charge on any atom is -0.279 e. The van der Waals surface area contributed by atoms with Crippen LogP contribution >= 0.6 is 0 Å². The first-order chi connectivity index (χ1) is 9.75. The molecule has 0 atom stereocenters. The first-order valence-electron chi connectivity index (χ1n) is 3.86. The van der Waals surface area contributed by atoms with Gasteiger partial charge in [0, 0.05) is 24.4 Å². The standard InChI is InChI=1S/3CHF3O3S.Sb/c3*2-1(3,4)8(5,6)7;/h3*(H,5,6,7);. The molecule has 0 aromatic carbocycles. The van der Waals surface area contributed by atoms with E-state index in [9.17, 15) is 39.5 Å². The molecule has 0 aromatic heterocycles. The van der Waals surface area contributed by atoms with E-state index in [-0.39, 0.29) is 24.4 Å². The Morgan fingerprint density at radius 3 is 0.480 bits per heavy atom. The maximum Gasteiger partial charge on any atom is 0.522 e. The monoisotopic (exact) mass is 571 g/mol. The molecule has 9 nitrogen and oxygen atoms in total. The predicted octanol–water partition coefficient (Wildman–Crippen LogP) is 0.801. The van der Waals surface area contributed by atoms with Crippen LogP contribution in [-0.2, 0) is 30.4 Å². The van der Waals surface area contributed by atoms with E-state index in [1.165, 1.54) is 0 Å². The van der Waals surface area contributed by atoms with Crippen LogP contribution in [0.3, 0.4) is 0 Å². The van der Waals surface area contributed by atoms with Crippen LogP contribution in [0.25, 0.3) is 0 Å². The Labute approximate surface area is 149 Å². The molecular formula is C3H3F9O9S3Sb. The van der Waals surface area contributed by atoms with Crippen LogP contribution in [0.1, 0.15) is 0 Å². The molecule has 3 N–H and O–H groups in total. The fraction of sp³-hybridized carbons (Fsp3) is 1.00. The molecular weight excluding hydrogens is 569 g/mol. The molecule has 22 heteroatoms. The fourth-order valence-corrected chi connectivity index (χ4v) is 0. The van der Waals surface area contributed by atoms with Gasteiger partial charge in [-0.15, -0.1) is 0 Å². The zero-order chi connectivity index (χ0) is 21.0. The van der Waals surface area contributed by atoms with Crippen molar-refractivity contribution < 1.29 is 78.4 Å². The Kier molecular flexibility index (Phi) is 12.7. The van der Waals surface area contributed by atoms with Crippen LogP contribution in [0.2, 0.25) is 0 Å². The number of halogens is 9. The minimum atomic E-state index is -5.84. The molecule has 0 saturated heterocycles. The smallest absolute Gasteiger partial charge is 0.279 e. The van der Waals surface area contributed by atoms with Crippen molar-refractivity contribution in [2.75, 3.05) is 0 Å². The van der Waals surface area contributed by atoms with E-state index in [2.05, 4.69) is 0 Å². The first-order valence-corrected chi connectivity index (χ1v) is 8.18. The molecule has 0 aliphatic rings. The summed E-state index contributed by atoms with van der Waals surface area (Å²) in [6.45, 7) is 0. The molecule has 0 aliphatic carbocycles. The van der Waals surface area contributed by atoms with Crippen molar-refractivity contribution in [3.05, 3.63) is 0 Å². The third-order valence-electron chi connectivity index (χ3n) is 0.877. The van der Waals surface area contributed by atoms with Gasteiger partial charge in [0.1, 0.15) is 0 Å². The first kappa shape index (κ1) is 32.6. The summed E-state index contributed by atoms with van der Waals surface area (Å²) in [5, 5.41) is 0. The maximum absolute atomic E-state index is 10.7. The molecule has 0 spiro atoms. The van der Waals surface area contributed by atoms with Gasteiger partial charge >= 0.3 is 46.9 Å². The Morgan fingerprint density at radius 2 is 0.480 bits per heavy atom. The van der Waals surface area contributed by atoms with E-state index in [1.54, 1.807) is 0 Å². The summed E-state index contributed by atoms with van der Waals surface area (Å²) in [6, 6.07) is 0. The van der Waals surface area contributed by atoms with Crippen LogP contribution < -0.4 is 0 Å². The summed E-state index contributed by atoms with van der Waals surface area (Å²) >= 11 is 0. The van der Waals surface area contributed by atoms with Gasteiger partial charge in [0.15, 0.2) is 0 Å². The molecule has 0 aliphatic heterocycles.